The molecule has 2 N–H and O–H groups in total. The number of ether oxygens (including phenoxy) is 2. The van der Waals surface area contributed by atoms with Crippen LogP contribution in [-0.2, 0) is 35.8 Å². The van der Waals surface area contributed by atoms with Gasteiger partial charge in [0, 0.05) is 28.6 Å². The molecule has 4 aromatic rings. The lowest BCUT2D eigenvalue weighted by molar-refractivity contribution is 0.0676. The van der Waals surface area contributed by atoms with Gasteiger partial charge in [-0.05, 0) is 54.3 Å². The summed E-state index contributed by atoms with van der Waals surface area (Å²) >= 11 is 0. The second-order valence-corrected chi connectivity index (χ2v) is 13.2. The molecule has 8 heteroatoms. The average Bonchev–Trinajstić information content (AvgIpc) is 3.14. The van der Waals surface area contributed by atoms with Gasteiger partial charge >= 0.3 is 12.2 Å². The number of benzene rings is 4. The van der Waals surface area contributed by atoms with E-state index in [2.05, 4.69) is 0 Å². The summed E-state index contributed by atoms with van der Waals surface area (Å²) < 4.78 is 11.6. The highest BCUT2D eigenvalue weighted by molar-refractivity contribution is 5.93. The molecule has 0 unspecified atom stereocenters. The first-order valence-electron chi connectivity index (χ1n) is 17.4. The van der Waals surface area contributed by atoms with Crippen molar-refractivity contribution in [3.8, 4) is 11.5 Å². The van der Waals surface area contributed by atoms with Crippen LogP contribution >= 0.6 is 0 Å². The minimum atomic E-state index is -0.417. The zero-order chi connectivity index (χ0) is 33.3. The van der Waals surface area contributed by atoms with Crippen LogP contribution in [0.2, 0.25) is 0 Å². The van der Waals surface area contributed by atoms with Gasteiger partial charge in [-0.2, -0.15) is 0 Å². The second kappa shape index (κ2) is 15.9. The van der Waals surface area contributed by atoms with Crippen LogP contribution in [0.3, 0.4) is 0 Å². The number of hydrogen-bond donors (Lipinski definition) is 2. The van der Waals surface area contributed by atoms with Gasteiger partial charge < -0.3 is 29.5 Å². The van der Waals surface area contributed by atoms with E-state index < -0.39 is 12.2 Å². The van der Waals surface area contributed by atoms with Crippen molar-refractivity contribution in [1.29, 1.82) is 0 Å². The third kappa shape index (κ3) is 8.04. The molecule has 8 nitrogen and oxygen atoms in total. The fourth-order valence-electron chi connectivity index (χ4n) is 7.21. The zero-order valence-corrected chi connectivity index (χ0v) is 27.6. The topological polar surface area (TPSA) is 99.5 Å². The Morgan fingerprint density at radius 3 is 1.58 bits per heavy atom. The van der Waals surface area contributed by atoms with Gasteiger partial charge in [-0.3, -0.25) is 0 Å². The Morgan fingerprint density at radius 1 is 0.583 bits per heavy atom. The maximum absolute atomic E-state index is 13.6. The summed E-state index contributed by atoms with van der Waals surface area (Å²) in [6.07, 6.45) is 9.16. The van der Waals surface area contributed by atoms with E-state index in [9.17, 15) is 19.8 Å². The fourth-order valence-corrected chi connectivity index (χ4v) is 7.21. The first kappa shape index (κ1) is 33.2. The highest BCUT2D eigenvalue weighted by Crippen LogP contribution is 2.38. The molecule has 0 aromatic heterocycles. The predicted molar refractivity (Wildman–Crippen MR) is 185 cm³/mol. The number of amides is 2. The van der Waals surface area contributed by atoms with Crippen molar-refractivity contribution in [2.24, 2.45) is 0 Å². The van der Waals surface area contributed by atoms with Crippen LogP contribution in [0.1, 0.15) is 86.5 Å². The Kier molecular flexibility index (Phi) is 11.0. The van der Waals surface area contributed by atoms with Gasteiger partial charge in [-0.15, -0.1) is 0 Å². The van der Waals surface area contributed by atoms with E-state index in [0.717, 1.165) is 75.3 Å². The maximum Gasteiger partial charge on any atom is 0.410 e. The largest absolute Gasteiger partial charge is 0.508 e. The Hall–Kier alpha value is -4.72. The maximum atomic E-state index is 13.6. The number of phenols is 2. The van der Waals surface area contributed by atoms with Gasteiger partial charge in [0.15, 0.2) is 0 Å². The molecule has 2 fully saturated rings. The van der Waals surface area contributed by atoms with Gasteiger partial charge in [0.2, 0.25) is 0 Å². The van der Waals surface area contributed by atoms with E-state index in [1.54, 1.807) is 21.9 Å². The molecule has 0 bridgehead atoms. The molecule has 48 heavy (non-hydrogen) atoms. The monoisotopic (exact) mass is 650 g/mol. The molecule has 252 valence electrons. The lowest BCUT2D eigenvalue weighted by atomic mass is 9.93. The Morgan fingerprint density at radius 2 is 1.06 bits per heavy atom. The number of carbonyl (C=O) groups is 2. The molecule has 0 aliphatic heterocycles. The minimum absolute atomic E-state index is 0.00417. The summed E-state index contributed by atoms with van der Waals surface area (Å²) in [6.45, 7) is 0.705. The van der Waals surface area contributed by atoms with Crippen molar-refractivity contribution in [1.82, 2.24) is 9.80 Å². The van der Waals surface area contributed by atoms with Crippen molar-refractivity contribution in [2.75, 3.05) is 0 Å². The summed E-state index contributed by atoms with van der Waals surface area (Å²) in [4.78, 5) is 30.6. The molecule has 0 radical (unpaired) electrons. The zero-order valence-electron chi connectivity index (χ0n) is 27.6. The summed E-state index contributed by atoms with van der Waals surface area (Å²) in [6, 6.07) is 26.2. The van der Waals surface area contributed by atoms with Gasteiger partial charge in [-0.1, -0.05) is 111 Å². The van der Waals surface area contributed by atoms with Crippen LogP contribution in [0.5, 0.6) is 11.5 Å². The summed E-state index contributed by atoms with van der Waals surface area (Å²) in [7, 11) is 0. The molecule has 2 saturated carbocycles. The number of nitrogens with zero attached hydrogens (tertiary/aromatic N) is 2. The van der Waals surface area contributed by atoms with Crippen molar-refractivity contribution in [2.45, 2.75) is 103 Å². The standard InChI is InChI=1S/C40H46N2O6/c43-37-24-23-35-34(36(37)26-42(33-19-11-4-12-20-33)40(46)48-28-30-15-7-2-8-16-30)22-21-31(38(35)44)25-41(32-17-9-3-10-18-32)39(45)47-27-29-13-5-1-6-14-29/h1-2,5-8,13-16,21-24,32-33,43-44H,3-4,9-12,17-20,25-28H2. The third-order valence-corrected chi connectivity index (χ3v) is 9.92. The number of fused-ring (bicyclic) bond motifs is 1. The second-order valence-electron chi connectivity index (χ2n) is 13.2. The third-order valence-electron chi connectivity index (χ3n) is 9.92. The normalized spacial score (nSPS) is 15.6. The fraction of sp³-hybridized carbons (Fsp3) is 0.400. The van der Waals surface area contributed by atoms with Crippen LogP contribution in [0.4, 0.5) is 9.59 Å². The molecule has 2 aliphatic rings. The van der Waals surface area contributed by atoms with Gasteiger partial charge in [0.1, 0.15) is 24.7 Å². The molecule has 0 spiro atoms. The molecular formula is C40H46N2O6. The number of rotatable bonds is 10. The lowest BCUT2D eigenvalue weighted by Gasteiger charge is -2.34. The molecule has 6 rings (SSSR count). The minimum Gasteiger partial charge on any atom is -0.508 e. The van der Waals surface area contributed by atoms with E-state index in [0.29, 0.717) is 21.9 Å². The van der Waals surface area contributed by atoms with Gasteiger partial charge in [0.25, 0.3) is 0 Å². The molecule has 0 heterocycles. The molecule has 2 amide bonds. The van der Waals surface area contributed by atoms with Crippen LogP contribution in [0, 0.1) is 0 Å². The van der Waals surface area contributed by atoms with Gasteiger partial charge in [-0.25, -0.2) is 9.59 Å². The lowest BCUT2D eigenvalue weighted by Crippen LogP contribution is -2.41. The first-order valence-corrected chi connectivity index (χ1v) is 17.4. The van der Waals surface area contributed by atoms with Crippen molar-refractivity contribution < 1.29 is 29.3 Å². The van der Waals surface area contributed by atoms with Crippen molar-refractivity contribution in [3.63, 3.8) is 0 Å². The average molecular weight is 651 g/mol. The van der Waals surface area contributed by atoms with Crippen LogP contribution in [0.15, 0.2) is 84.9 Å². The molecule has 4 aromatic carbocycles. The van der Waals surface area contributed by atoms with E-state index in [1.807, 2.05) is 72.8 Å². The molecule has 0 atom stereocenters. The first-order chi connectivity index (χ1) is 23.5. The van der Waals surface area contributed by atoms with Crippen molar-refractivity contribution in [3.05, 3.63) is 107 Å². The summed E-state index contributed by atoms with van der Waals surface area (Å²) in [5.74, 6) is 0.112. The van der Waals surface area contributed by atoms with E-state index in [1.165, 1.54) is 0 Å². The van der Waals surface area contributed by atoms with Crippen LogP contribution in [0.25, 0.3) is 10.8 Å². The molecule has 0 saturated heterocycles. The number of hydrogen-bond acceptors (Lipinski definition) is 6. The smallest absolute Gasteiger partial charge is 0.410 e. The predicted octanol–water partition coefficient (Wildman–Crippen LogP) is 9.19. The molecular weight excluding hydrogens is 604 g/mol. The summed E-state index contributed by atoms with van der Waals surface area (Å²) in [5.41, 5.74) is 2.99. The molecule has 2 aliphatic carbocycles. The Labute approximate surface area is 282 Å². The van der Waals surface area contributed by atoms with E-state index >= 15 is 0 Å². The Balaban J connectivity index is 1.25. The highest BCUT2D eigenvalue weighted by atomic mass is 16.6. The number of aromatic hydroxyl groups is 2. The van der Waals surface area contributed by atoms with Crippen LogP contribution < -0.4 is 0 Å². The SMILES string of the molecule is O=C(OCc1ccccc1)N(Cc1ccc2c(CN(C(=O)OCc3ccccc3)C3CCCCC3)c(O)ccc2c1O)C1CCCCC1. The number of phenolic OH excluding ortho intramolecular Hbond substituents is 2. The van der Waals surface area contributed by atoms with Gasteiger partial charge in [0.05, 0.1) is 13.1 Å². The Bertz CT molecular complexity index is 1670. The van der Waals surface area contributed by atoms with Crippen molar-refractivity contribution >= 4 is 23.0 Å². The van der Waals surface area contributed by atoms with Crippen LogP contribution in [-0.4, -0.2) is 44.3 Å². The highest BCUT2D eigenvalue weighted by Gasteiger charge is 2.30. The summed E-state index contributed by atoms with van der Waals surface area (Å²) in [5, 5.41) is 24.0. The number of carbonyl (C=O) groups excluding carboxylic acids is 2. The quantitative estimate of drug-likeness (QED) is 0.178. The van der Waals surface area contributed by atoms with E-state index in [4.69, 9.17) is 9.47 Å². The van der Waals surface area contributed by atoms with E-state index in [-0.39, 0.29) is 49.9 Å².